The molecule has 0 radical (unpaired) electrons. The van der Waals surface area contributed by atoms with Crippen molar-refractivity contribution in [3.05, 3.63) is 56.2 Å². The fourth-order valence-corrected chi connectivity index (χ4v) is 3.65. The first kappa shape index (κ1) is 20.4. The van der Waals surface area contributed by atoms with Gasteiger partial charge in [0.2, 0.25) is 5.91 Å². The summed E-state index contributed by atoms with van der Waals surface area (Å²) in [7, 11) is 1.40. The van der Waals surface area contributed by atoms with Crippen molar-refractivity contribution in [3.63, 3.8) is 0 Å². The number of carbonyl (C=O) groups excluding carboxylic acids is 2. The third-order valence-corrected chi connectivity index (χ3v) is 5.24. The number of hydrogen-bond acceptors (Lipinski definition) is 3. The first-order chi connectivity index (χ1) is 12.1. The van der Waals surface area contributed by atoms with E-state index in [1.807, 2.05) is 0 Å². The van der Waals surface area contributed by atoms with Gasteiger partial charge in [0.1, 0.15) is 6.04 Å². The molecule has 0 aliphatic rings. The fraction of sp³-hybridized carbons (Fsp3) is 0.294. The maximum Gasteiger partial charge on any atom is 0.416 e. The highest BCUT2D eigenvalue weighted by molar-refractivity contribution is 9.11. The molecule has 1 aromatic heterocycles. The van der Waals surface area contributed by atoms with Gasteiger partial charge >= 0.3 is 6.18 Å². The Balaban J connectivity index is 2.04. The Morgan fingerprint density at radius 3 is 2.46 bits per heavy atom. The monoisotopic (exact) mass is 448 g/mol. The Kier molecular flexibility index (Phi) is 6.46. The summed E-state index contributed by atoms with van der Waals surface area (Å²) in [4.78, 5) is 26.1. The minimum atomic E-state index is -4.49. The Morgan fingerprint density at radius 2 is 1.88 bits per heavy atom. The highest BCUT2D eigenvalue weighted by Gasteiger charge is 2.33. The largest absolute Gasteiger partial charge is 0.416 e. The molecule has 26 heavy (non-hydrogen) atoms. The van der Waals surface area contributed by atoms with E-state index in [0.29, 0.717) is 4.88 Å². The minimum Gasteiger partial charge on any atom is -0.340 e. The predicted octanol–water partition coefficient (Wildman–Crippen LogP) is 4.31. The standard InChI is InChI=1S/C17H16BrF3N2O2S/c1-10(22-15(24)13-7-8-14(18)26-13)16(25)23(2)9-11-5-3-4-6-12(11)17(19,20)21/h3-8,10H,9H2,1-2H3,(H,22,24). The van der Waals surface area contributed by atoms with Crippen LogP contribution in [0.3, 0.4) is 0 Å². The van der Waals surface area contributed by atoms with Gasteiger partial charge in [-0.25, -0.2) is 0 Å². The van der Waals surface area contributed by atoms with Crippen LogP contribution in [0.1, 0.15) is 27.7 Å². The molecule has 2 aromatic rings. The summed E-state index contributed by atoms with van der Waals surface area (Å²) in [6, 6.07) is 7.56. The minimum absolute atomic E-state index is 0.00318. The van der Waals surface area contributed by atoms with Crippen LogP contribution in [0.25, 0.3) is 0 Å². The van der Waals surface area contributed by atoms with E-state index in [1.165, 1.54) is 48.4 Å². The van der Waals surface area contributed by atoms with Crippen molar-refractivity contribution < 1.29 is 22.8 Å². The van der Waals surface area contributed by atoms with Gasteiger partial charge in [0.25, 0.3) is 5.91 Å². The SMILES string of the molecule is CC(NC(=O)c1ccc(Br)s1)C(=O)N(C)Cc1ccccc1C(F)(F)F. The van der Waals surface area contributed by atoms with Crippen LogP contribution in [0.15, 0.2) is 40.2 Å². The summed E-state index contributed by atoms with van der Waals surface area (Å²) in [5.74, 6) is -0.892. The number of likely N-dealkylation sites (N-methyl/N-ethyl adjacent to an activating group) is 1. The Morgan fingerprint density at radius 1 is 1.23 bits per heavy atom. The van der Waals surface area contributed by atoms with Gasteiger partial charge in [0.05, 0.1) is 14.2 Å². The lowest BCUT2D eigenvalue weighted by Gasteiger charge is -2.23. The molecule has 1 unspecified atom stereocenters. The molecule has 0 aliphatic carbocycles. The Hall–Kier alpha value is -1.87. The van der Waals surface area contributed by atoms with E-state index < -0.39 is 29.6 Å². The number of hydrogen-bond donors (Lipinski definition) is 1. The third kappa shape index (κ3) is 5.07. The highest BCUT2D eigenvalue weighted by atomic mass is 79.9. The van der Waals surface area contributed by atoms with Gasteiger partial charge in [0, 0.05) is 13.6 Å². The van der Waals surface area contributed by atoms with Crippen LogP contribution >= 0.6 is 27.3 Å². The summed E-state index contributed by atoms with van der Waals surface area (Å²) >= 11 is 4.47. The zero-order valence-corrected chi connectivity index (χ0v) is 16.3. The van der Waals surface area contributed by atoms with Crippen LogP contribution in [-0.2, 0) is 17.5 Å². The molecule has 4 nitrogen and oxygen atoms in total. The van der Waals surface area contributed by atoms with Gasteiger partial charge in [-0.2, -0.15) is 13.2 Å². The van der Waals surface area contributed by atoms with Crippen molar-refractivity contribution in [3.8, 4) is 0 Å². The lowest BCUT2D eigenvalue weighted by molar-refractivity contribution is -0.139. The molecule has 0 saturated carbocycles. The molecule has 2 amide bonds. The molecule has 0 spiro atoms. The van der Waals surface area contributed by atoms with E-state index in [9.17, 15) is 22.8 Å². The van der Waals surface area contributed by atoms with Gasteiger partial charge in [-0.3, -0.25) is 9.59 Å². The van der Waals surface area contributed by atoms with E-state index in [2.05, 4.69) is 21.2 Å². The van der Waals surface area contributed by atoms with E-state index in [0.717, 1.165) is 9.85 Å². The number of amides is 2. The molecule has 1 N–H and O–H groups in total. The lowest BCUT2D eigenvalue weighted by Crippen LogP contribution is -2.45. The maximum absolute atomic E-state index is 13.1. The van der Waals surface area contributed by atoms with Crippen LogP contribution in [0.2, 0.25) is 0 Å². The number of benzene rings is 1. The summed E-state index contributed by atoms with van der Waals surface area (Å²) in [6.07, 6.45) is -4.49. The molecule has 1 atom stereocenters. The molecule has 0 saturated heterocycles. The van der Waals surface area contributed by atoms with E-state index in [-0.39, 0.29) is 12.1 Å². The number of rotatable bonds is 5. The number of alkyl halides is 3. The lowest BCUT2D eigenvalue weighted by atomic mass is 10.1. The van der Waals surface area contributed by atoms with Gasteiger partial charge in [-0.15, -0.1) is 11.3 Å². The first-order valence-corrected chi connectivity index (χ1v) is 9.17. The Bertz CT molecular complexity index is 807. The molecule has 0 bridgehead atoms. The van der Waals surface area contributed by atoms with Gasteiger partial charge in [-0.1, -0.05) is 18.2 Å². The molecule has 0 fully saturated rings. The molecule has 1 aromatic carbocycles. The number of thiophene rings is 1. The molecule has 9 heteroatoms. The second-order valence-corrected chi connectivity index (χ2v) is 8.11. The van der Waals surface area contributed by atoms with E-state index in [1.54, 1.807) is 12.1 Å². The van der Waals surface area contributed by atoms with Crippen LogP contribution in [0.4, 0.5) is 13.2 Å². The average Bonchev–Trinajstić information content (AvgIpc) is 3.00. The van der Waals surface area contributed by atoms with E-state index >= 15 is 0 Å². The van der Waals surface area contributed by atoms with Crippen molar-refractivity contribution in [2.75, 3.05) is 7.05 Å². The zero-order chi connectivity index (χ0) is 19.5. The van der Waals surface area contributed by atoms with Crippen molar-refractivity contribution in [2.24, 2.45) is 0 Å². The van der Waals surface area contributed by atoms with Crippen LogP contribution in [0.5, 0.6) is 0 Å². The number of nitrogens with zero attached hydrogens (tertiary/aromatic N) is 1. The second-order valence-electron chi connectivity index (χ2n) is 5.65. The summed E-state index contributed by atoms with van der Waals surface area (Å²) in [5.41, 5.74) is -0.781. The van der Waals surface area contributed by atoms with Crippen molar-refractivity contribution in [1.29, 1.82) is 0 Å². The normalized spacial score (nSPS) is 12.5. The average molecular weight is 449 g/mol. The number of halogens is 4. The number of carbonyl (C=O) groups is 2. The van der Waals surface area contributed by atoms with Crippen LogP contribution in [0, 0.1) is 0 Å². The third-order valence-electron chi connectivity index (χ3n) is 3.62. The van der Waals surface area contributed by atoms with Gasteiger partial charge in [0.15, 0.2) is 0 Å². The van der Waals surface area contributed by atoms with Crippen LogP contribution < -0.4 is 5.32 Å². The first-order valence-electron chi connectivity index (χ1n) is 7.56. The summed E-state index contributed by atoms with van der Waals surface area (Å²) in [5, 5.41) is 2.56. The van der Waals surface area contributed by atoms with E-state index in [4.69, 9.17) is 0 Å². The molecular weight excluding hydrogens is 433 g/mol. The van der Waals surface area contributed by atoms with Crippen molar-refractivity contribution >= 4 is 39.1 Å². The quantitative estimate of drug-likeness (QED) is 0.740. The second kappa shape index (κ2) is 8.22. The van der Waals surface area contributed by atoms with Gasteiger partial charge in [-0.05, 0) is 46.6 Å². The van der Waals surface area contributed by atoms with Crippen molar-refractivity contribution in [1.82, 2.24) is 10.2 Å². The molecule has 1 heterocycles. The van der Waals surface area contributed by atoms with Crippen LogP contribution in [-0.4, -0.2) is 29.8 Å². The summed E-state index contributed by atoms with van der Waals surface area (Å²) in [6.45, 7) is 1.29. The highest BCUT2D eigenvalue weighted by Crippen LogP contribution is 2.32. The molecular formula is C17H16BrF3N2O2S. The fourth-order valence-electron chi connectivity index (χ4n) is 2.36. The number of nitrogens with one attached hydrogen (secondary N) is 1. The van der Waals surface area contributed by atoms with Crippen molar-refractivity contribution in [2.45, 2.75) is 25.7 Å². The molecule has 2 rings (SSSR count). The zero-order valence-electron chi connectivity index (χ0n) is 13.9. The predicted molar refractivity (Wildman–Crippen MR) is 96.9 cm³/mol. The summed E-state index contributed by atoms with van der Waals surface area (Å²) < 4.78 is 40.0. The Labute approximate surface area is 161 Å². The topological polar surface area (TPSA) is 49.4 Å². The smallest absolute Gasteiger partial charge is 0.340 e. The maximum atomic E-state index is 13.1. The van der Waals surface area contributed by atoms with Gasteiger partial charge < -0.3 is 10.2 Å². The molecule has 140 valence electrons. The molecule has 0 aliphatic heterocycles.